The molecule has 3 atom stereocenters. The van der Waals surface area contributed by atoms with E-state index < -0.39 is 0 Å². The van der Waals surface area contributed by atoms with E-state index >= 15 is 0 Å². The van der Waals surface area contributed by atoms with E-state index in [1.165, 1.54) is 22.8 Å². The Morgan fingerprint density at radius 1 is 1.15 bits per heavy atom. The molecule has 3 heterocycles. The highest BCUT2D eigenvalue weighted by Crippen LogP contribution is 2.40. The number of aromatic nitrogens is 2. The number of piperidine rings is 1. The van der Waals surface area contributed by atoms with Crippen LogP contribution in [0.5, 0.6) is 0 Å². The van der Waals surface area contributed by atoms with E-state index in [4.69, 9.17) is 9.26 Å². The van der Waals surface area contributed by atoms with Gasteiger partial charge in [0.2, 0.25) is 11.7 Å². The molecule has 2 aliphatic rings. The van der Waals surface area contributed by atoms with E-state index in [1.807, 2.05) is 6.92 Å². The van der Waals surface area contributed by atoms with Crippen LogP contribution in [0.4, 0.5) is 0 Å². The van der Waals surface area contributed by atoms with Crippen LogP contribution in [0.2, 0.25) is 0 Å². The Balaban J connectivity index is 1.30. The van der Waals surface area contributed by atoms with Gasteiger partial charge in [-0.3, -0.25) is 4.90 Å². The van der Waals surface area contributed by atoms with Crippen LogP contribution in [0.15, 0.2) is 47.0 Å². The molecule has 5 heteroatoms. The van der Waals surface area contributed by atoms with E-state index in [2.05, 4.69) is 57.5 Å². The van der Waals surface area contributed by atoms with E-state index in [-0.39, 0.29) is 12.2 Å². The van der Waals surface area contributed by atoms with Gasteiger partial charge < -0.3 is 9.26 Å². The highest BCUT2D eigenvalue weighted by molar-refractivity contribution is 5.85. The molecule has 0 amide bonds. The third-order valence-corrected chi connectivity index (χ3v) is 5.74. The molecule has 0 N–H and O–H groups in total. The number of hydrogen-bond donors (Lipinski definition) is 0. The topological polar surface area (TPSA) is 51.4 Å². The summed E-state index contributed by atoms with van der Waals surface area (Å²) in [7, 11) is 0. The van der Waals surface area contributed by atoms with Gasteiger partial charge >= 0.3 is 0 Å². The van der Waals surface area contributed by atoms with Gasteiger partial charge in [-0.15, -0.1) is 0 Å². The van der Waals surface area contributed by atoms with Gasteiger partial charge in [0.25, 0.3) is 0 Å². The molecule has 2 saturated heterocycles. The molecule has 0 saturated carbocycles. The van der Waals surface area contributed by atoms with Crippen LogP contribution in [0.1, 0.15) is 36.2 Å². The molecule has 0 unspecified atom stereocenters. The monoisotopic (exact) mass is 349 g/mol. The SMILES string of the molecule is Cc1nc([C@@H]2C[C@@H]3CCN(Cc4cccc5ccccc45)C[C@H]3O2)no1. The Morgan fingerprint density at radius 2 is 2.04 bits per heavy atom. The summed E-state index contributed by atoms with van der Waals surface area (Å²) >= 11 is 0. The maximum Gasteiger partial charge on any atom is 0.223 e. The molecule has 5 rings (SSSR count). The van der Waals surface area contributed by atoms with Gasteiger partial charge in [-0.2, -0.15) is 4.98 Å². The zero-order valence-electron chi connectivity index (χ0n) is 15.0. The fourth-order valence-corrected chi connectivity index (χ4v) is 4.42. The van der Waals surface area contributed by atoms with Crippen LogP contribution < -0.4 is 0 Å². The lowest BCUT2D eigenvalue weighted by molar-refractivity contribution is -0.0125. The molecular weight excluding hydrogens is 326 g/mol. The first kappa shape index (κ1) is 16.0. The fraction of sp³-hybridized carbons (Fsp3) is 0.429. The first-order valence-electron chi connectivity index (χ1n) is 9.41. The van der Waals surface area contributed by atoms with Crippen LogP contribution in [-0.2, 0) is 11.3 Å². The number of likely N-dealkylation sites (tertiary alicyclic amines) is 1. The number of aryl methyl sites for hydroxylation is 1. The Labute approximate surface area is 153 Å². The fourth-order valence-electron chi connectivity index (χ4n) is 4.42. The molecule has 134 valence electrons. The average molecular weight is 349 g/mol. The summed E-state index contributed by atoms with van der Waals surface area (Å²) in [5, 5.41) is 6.71. The minimum absolute atomic E-state index is 0.0139. The Kier molecular flexibility index (Phi) is 3.98. The summed E-state index contributed by atoms with van der Waals surface area (Å²) in [5.41, 5.74) is 1.39. The van der Waals surface area contributed by atoms with Crippen LogP contribution in [0.3, 0.4) is 0 Å². The van der Waals surface area contributed by atoms with Crippen molar-refractivity contribution in [2.24, 2.45) is 5.92 Å². The second-order valence-corrected chi connectivity index (χ2v) is 7.49. The third kappa shape index (κ3) is 2.91. The summed E-state index contributed by atoms with van der Waals surface area (Å²) < 4.78 is 11.4. The van der Waals surface area contributed by atoms with Crippen molar-refractivity contribution in [3.8, 4) is 0 Å². The van der Waals surface area contributed by atoms with Crippen molar-refractivity contribution < 1.29 is 9.26 Å². The van der Waals surface area contributed by atoms with E-state index in [0.29, 0.717) is 17.6 Å². The molecule has 5 nitrogen and oxygen atoms in total. The summed E-state index contributed by atoms with van der Waals surface area (Å²) in [6.07, 6.45) is 2.43. The number of ether oxygens (including phenoxy) is 1. The van der Waals surface area contributed by atoms with Crippen LogP contribution in [0.25, 0.3) is 10.8 Å². The first-order valence-corrected chi connectivity index (χ1v) is 9.41. The highest BCUT2D eigenvalue weighted by atomic mass is 16.5. The molecule has 0 bridgehead atoms. The van der Waals surface area contributed by atoms with Crippen molar-refractivity contribution in [3.05, 3.63) is 59.7 Å². The van der Waals surface area contributed by atoms with Crippen molar-refractivity contribution in [3.63, 3.8) is 0 Å². The van der Waals surface area contributed by atoms with E-state index in [0.717, 1.165) is 26.1 Å². The quantitative estimate of drug-likeness (QED) is 0.718. The normalized spacial score (nSPS) is 26.3. The summed E-state index contributed by atoms with van der Waals surface area (Å²) in [6.45, 7) is 4.89. The zero-order chi connectivity index (χ0) is 17.5. The Hall–Kier alpha value is -2.24. The average Bonchev–Trinajstić information content (AvgIpc) is 3.27. The van der Waals surface area contributed by atoms with Crippen molar-refractivity contribution in [2.45, 2.75) is 38.5 Å². The lowest BCUT2D eigenvalue weighted by Crippen LogP contribution is -2.41. The summed E-state index contributed by atoms with van der Waals surface area (Å²) in [5.74, 6) is 1.91. The van der Waals surface area contributed by atoms with Gasteiger partial charge in [0.15, 0.2) is 0 Å². The van der Waals surface area contributed by atoms with E-state index in [1.54, 1.807) is 0 Å². The summed E-state index contributed by atoms with van der Waals surface area (Å²) in [6, 6.07) is 15.2. The van der Waals surface area contributed by atoms with Gasteiger partial charge in [0.1, 0.15) is 6.10 Å². The van der Waals surface area contributed by atoms with Crippen molar-refractivity contribution in [1.29, 1.82) is 0 Å². The minimum atomic E-state index is -0.0139. The van der Waals surface area contributed by atoms with Crippen molar-refractivity contribution >= 4 is 10.8 Å². The second-order valence-electron chi connectivity index (χ2n) is 7.49. The van der Waals surface area contributed by atoms with E-state index in [9.17, 15) is 0 Å². The van der Waals surface area contributed by atoms with Gasteiger partial charge in [0, 0.05) is 20.0 Å². The lowest BCUT2D eigenvalue weighted by Gasteiger charge is -2.34. The highest BCUT2D eigenvalue weighted by Gasteiger charge is 2.41. The first-order chi connectivity index (χ1) is 12.8. The Morgan fingerprint density at radius 3 is 2.92 bits per heavy atom. The molecule has 0 radical (unpaired) electrons. The third-order valence-electron chi connectivity index (χ3n) is 5.74. The maximum atomic E-state index is 6.29. The number of nitrogens with zero attached hydrogens (tertiary/aromatic N) is 3. The van der Waals surface area contributed by atoms with Crippen LogP contribution >= 0.6 is 0 Å². The molecular formula is C21H23N3O2. The second kappa shape index (κ2) is 6.49. The van der Waals surface area contributed by atoms with Gasteiger partial charge in [0.05, 0.1) is 6.10 Å². The predicted molar refractivity (Wildman–Crippen MR) is 98.6 cm³/mol. The largest absolute Gasteiger partial charge is 0.365 e. The molecule has 2 fully saturated rings. The number of benzene rings is 2. The Bertz CT molecular complexity index is 917. The number of rotatable bonds is 3. The zero-order valence-corrected chi connectivity index (χ0v) is 15.0. The smallest absolute Gasteiger partial charge is 0.223 e. The number of hydrogen-bond acceptors (Lipinski definition) is 5. The van der Waals surface area contributed by atoms with Crippen LogP contribution in [-0.4, -0.2) is 34.2 Å². The molecule has 3 aromatic rings. The molecule has 2 aromatic carbocycles. The maximum absolute atomic E-state index is 6.29. The molecule has 26 heavy (non-hydrogen) atoms. The van der Waals surface area contributed by atoms with Crippen molar-refractivity contribution in [2.75, 3.05) is 13.1 Å². The van der Waals surface area contributed by atoms with Gasteiger partial charge in [-0.25, -0.2) is 0 Å². The van der Waals surface area contributed by atoms with Gasteiger partial charge in [-0.1, -0.05) is 47.6 Å². The lowest BCUT2D eigenvalue weighted by atomic mass is 9.91. The minimum Gasteiger partial charge on any atom is -0.365 e. The molecule has 0 spiro atoms. The summed E-state index contributed by atoms with van der Waals surface area (Å²) in [4.78, 5) is 6.88. The van der Waals surface area contributed by atoms with Crippen molar-refractivity contribution in [1.82, 2.24) is 15.0 Å². The molecule has 1 aromatic heterocycles. The molecule has 0 aliphatic carbocycles. The molecule has 2 aliphatic heterocycles. The number of fused-ring (bicyclic) bond motifs is 2. The standard InChI is InChI=1S/C21H23N3O2/c1-14-22-21(23-26-14)19-11-16-9-10-24(13-20(16)25-19)12-17-7-4-6-15-5-2-3-8-18(15)17/h2-8,16,19-20H,9-13H2,1H3/t16-,19-,20+/m0/s1. The van der Waals surface area contributed by atoms with Gasteiger partial charge in [-0.05, 0) is 41.6 Å². The predicted octanol–water partition coefficient (Wildman–Crippen LogP) is 3.88. The van der Waals surface area contributed by atoms with Crippen LogP contribution in [0, 0.1) is 12.8 Å².